The minimum Gasteiger partial charge on any atom is -0.339 e. The maximum atomic E-state index is 12.2. The summed E-state index contributed by atoms with van der Waals surface area (Å²) in [5.41, 5.74) is 6.48. The first-order valence-corrected chi connectivity index (χ1v) is 8.39. The van der Waals surface area contributed by atoms with Gasteiger partial charge in [-0.3, -0.25) is 9.69 Å². The van der Waals surface area contributed by atoms with Gasteiger partial charge in [0.1, 0.15) is 0 Å². The lowest BCUT2D eigenvalue weighted by Crippen LogP contribution is -2.57. The Morgan fingerprint density at radius 2 is 1.78 bits per heavy atom. The summed E-state index contributed by atoms with van der Waals surface area (Å²) in [6.07, 6.45) is 0. The molecule has 23 heavy (non-hydrogen) atoms. The van der Waals surface area contributed by atoms with E-state index in [0.29, 0.717) is 0 Å². The highest BCUT2D eigenvalue weighted by atomic mass is 16.2. The SMILES string of the molecule is CN(CCN1CCN(C(=O)C(C)(C)N)CC1)Cc1ccccc1. The van der Waals surface area contributed by atoms with E-state index in [2.05, 4.69) is 41.1 Å². The van der Waals surface area contributed by atoms with Crippen LogP contribution < -0.4 is 5.73 Å². The number of hydrogen-bond acceptors (Lipinski definition) is 4. The number of hydrogen-bond donors (Lipinski definition) is 1. The van der Waals surface area contributed by atoms with E-state index in [9.17, 15) is 4.79 Å². The van der Waals surface area contributed by atoms with Gasteiger partial charge in [0.25, 0.3) is 0 Å². The molecule has 1 heterocycles. The van der Waals surface area contributed by atoms with Crippen molar-refractivity contribution < 1.29 is 4.79 Å². The molecular weight excluding hydrogens is 288 g/mol. The van der Waals surface area contributed by atoms with Crippen LogP contribution in [-0.2, 0) is 11.3 Å². The summed E-state index contributed by atoms with van der Waals surface area (Å²) in [4.78, 5) is 18.8. The van der Waals surface area contributed by atoms with Gasteiger partial charge in [-0.05, 0) is 26.5 Å². The Bertz CT molecular complexity index is 489. The minimum atomic E-state index is -0.766. The van der Waals surface area contributed by atoms with Gasteiger partial charge in [0.2, 0.25) is 5.91 Å². The van der Waals surface area contributed by atoms with Gasteiger partial charge in [0.15, 0.2) is 0 Å². The Morgan fingerprint density at radius 3 is 2.35 bits per heavy atom. The molecule has 5 nitrogen and oxygen atoms in total. The van der Waals surface area contributed by atoms with E-state index in [1.165, 1.54) is 5.56 Å². The smallest absolute Gasteiger partial charge is 0.242 e. The van der Waals surface area contributed by atoms with Crippen LogP contribution >= 0.6 is 0 Å². The Labute approximate surface area is 140 Å². The Balaban J connectivity index is 1.69. The Hall–Kier alpha value is -1.43. The third-order valence-corrected chi connectivity index (χ3v) is 4.30. The molecule has 0 atom stereocenters. The van der Waals surface area contributed by atoms with Gasteiger partial charge < -0.3 is 15.5 Å². The molecule has 1 amide bonds. The molecule has 1 aliphatic heterocycles. The number of carbonyl (C=O) groups excluding carboxylic acids is 1. The molecule has 128 valence electrons. The molecule has 0 bridgehead atoms. The Kier molecular flexibility index (Phi) is 6.16. The standard InChI is InChI=1S/C18H30N4O/c1-18(2,19)17(23)22-13-11-21(12-14-22)10-9-20(3)15-16-7-5-4-6-8-16/h4-8H,9-15,19H2,1-3H3. The molecule has 0 aliphatic carbocycles. The number of likely N-dealkylation sites (N-methyl/N-ethyl adjacent to an activating group) is 1. The fourth-order valence-corrected chi connectivity index (χ4v) is 2.87. The lowest BCUT2D eigenvalue weighted by atomic mass is 10.0. The van der Waals surface area contributed by atoms with Crippen molar-refractivity contribution in [2.45, 2.75) is 25.9 Å². The third kappa shape index (κ3) is 5.61. The Morgan fingerprint density at radius 1 is 1.17 bits per heavy atom. The van der Waals surface area contributed by atoms with E-state index in [-0.39, 0.29) is 5.91 Å². The molecule has 1 fully saturated rings. The average molecular weight is 318 g/mol. The quantitative estimate of drug-likeness (QED) is 0.850. The highest BCUT2D eigenvalue weighted by Crippen LogP contribution is 2.09. The minimum absolute atomic E-state index is 0.0540. The number of carbonyl (C=O) groups is 1. The fraction of sp³-hybridized carbons (Fsp3) is 0.611. The van der Waals surface area contributed by atoms with Crippen LogP contribution in [0.3, 0.4) is 0 Å². The first-order valence-electron chi connectivity index (χ1n) is 8.39. The summed E-state index contributed by atoms with van der Waals surface area (Å²) in [6.45, 7) is 10.0. The second-order valence-corrected chi connectivity index (χ2v) is 7.08. The largest absolute Gasteiger partial charge is 0.339 e. The molecule has 0 radical (unpaired) electrons. The number of nitrogens with zero attached hydrogens (tertiary/aromatic N) is 3. The number of benzene rings is 1. The third-order valence-electron chi connectivity index (χ3n) is 4.30. The van der Waals surface area contributed by atoms with Crippen LogP contribution in [0.4, 0.5) is 0 Å². The second kappa shape index (κ2) is 7.90. The normalized spacial score (nSPS) is 16.8. The molecule has 5 heteroatoms. The van der Waals surface area contributed by atoms with Crippen LogP contribution in [0.5, 0.6) is 0 Å². The summed E-state index contributed by atoms with van der Waals surface area (Å²) in [6, 6.07) is 10.5. The maximum Gasteiger partial charge on any atom is 0.242 e. The van der Waals surface area contributed by atoms with Gasteiger partial charge in [-0.25, -0.2) is 0 Å². The first kappa shape index (κ1) is 17.9. The molecule has 1 aromatic rings. The van der Waals surface area contributed by atoms with Crippen molar-refractivity contribution in [1.82, 2.24) is 14.7 Å². The lowest BCUT2D eigenvalue weighted by Gasteiger charge is -2.38. The van der Waals surface area contributed by atoms with Crippen molar-refractivity contribution in [3.63, 3.8) is 0 Å². The van der Waals surface area contributed by atoms with E-state index in [1.807, 2.05) is 11.0 Å². The lowest BCUT2D eigenvalue weighted by molar-refractivity contribution is -0.137. The predicted octanol–water partition coefficient (Wildman–Crippen LogP) is 1.000. The fourth-order valence-electron chi connectivity index (χ4n) is 2.87. The zero-order chi connectivity index (χ0) is 16.9. The number of piperazine rings is 1. The van der Waals surface area contributed by atoms with Crippen molar-refractivity contribution in [3.05, 3.63) is 35.9 Å². The van der Waals surface area contributed by atoms with Crippen LogP contribution in [0.25, 0.3) is 0 Å². The molecule has 1 aromatic carbocycles. The van der Waals surface area contributed by atoms with Crippen LogP contribution in [0.15, 0.2) is 30.3 Å². The van der Waals surface area contributed by atoms with Crippen LogP contribution in [0.2, 0.25) is 0 Å². The molecule has 0 unspecified atom stereocenters. The first-order chi connectivity index (χ1) is 10.9. The molecule has 0 saturated carbocycles. The molecule has 2 N–H and O–H groups in total. The van der Waals surface area contributed by atoms with Gasteiger partial charge in [-0.15, -0.1) is 0 Å². The van der Waals surface area contributed by atoms with Gasteiger partial charge in [-0.2, -0.15) is 0 Å². The number of rotatable bonds is 6. The van der Waals surface area contributed by atoms with E-state index >= 15 is 0 Å². The molecule has 0 aromatic heterocycles. The number of nitrogens with two attached hydrogens (primary N) is 1. The van der Waals surface area contributed by atoms with Crippen LogP contribution in [-0.4, -0.2) is 72.5 Å². The summed E-state index contributed by atoms with van der Waals surface area (Å²) >= 11 is 0. The summed E-state index contributed by atoms with van der Waals surface area (Å²) in [5.74, 6) is 0.0540. The van der Waals surface area contributed by atoms with Crippen molar-refractivity contribution >= 4 is 5.91 Å². The molecule has 2 rings (SSSR count). The van der Waals surface area contributed by atoms with Gasteiger partial charge in [0, 0.05) is 45.8 Å². The van der Waals surface area contributed by atoms with Gasteiger partial charge in [0.05, 0.1) is 5.54 Å². The molecule has 0 spiro atoms. The highest BCUT2D eigenvalue weighted by molar-refractivity contribution is 5.85. The molecular formula is C18H30N4O. The highest BCUT2D eigenvalue weighted by Gasteiger charge is 2.30. The summed E-state index contributed by atoms with van der Waals surface area (Å²) in [7, 11) is 2.16. The summed E-state index contributed by atoms with van der Waals surface area (Å²) < 4.78 is 0. The maximum absolute atomic E-state index is 12.2. The van der Waals surface area contributed by atoms with Crippen molar-refractivity contribution in [2.24, 2.45) is 5.73 Å². The monoisotopic (exact) mass is 318 g/mol. The van der Waals surface area contributed by atoms with E-state index in [4.69, 9.17) is 5.73 Å². The van der Waals surface area contributed by atoms with Crippen LogP contribution in [0, 0.1) is 0 Å². The van der Waals surface area contributed by atoms with Crippen molar-refractivity contribution in [2.75, 3.05) is 46.3 Å². The molecule has 1 saturated heterocycles. The van der Waals surface area contributed by atoms with Crippen LogP contribution in [0.1, 0.15) is 19.4 Å². The van der Waals surface area contributed by atoms with E-state index < -0.39 is 5.54 Å². The average Bonchev–Trinajstić information content (AvgIpc) is 2.53. The van der Waals surface area contributed by atoms with Crippen molar-refractivity contribution in [1.29, 1.82) is 0 Å². The van der Waals surface area contributed by atoms with E-state index in [0.717, 1.165) is 45.8 Å². The molecule has 1 aliphatic rings. The zero-order valence-electron chi connectivity index (χ0n) is 14.7. The summed E-state index contributed by atoms with van der Waals surface area (Å²) in [5, 5.41) is 0. The van der Waals surface area contributed by atoms with Crippen molar-refractivity contribution in [3.8, 4) is 0 Å². The zero-order valence-corrected chi connectivity index (χ0v) is 14.7. The second-order valence-electron chi connectivity index (χ2n) is 7.08. The topological polar surface area (TPSA) is 52.8 Å². The predicted molar refractivity (Wildman–Crippen MR) is 94.1 cm³/mol. The van der Waals surface area contributed by atoms with Gasteiger partial charge >= 0.3 is 0 Å². The number of amides is 1. The van der Waals surface area contributed by atoms with E-state index in [1.54, 1.807) is 13.8 Å². The van der Waals surface area contributed by atoms with Gasteiger partial charge in [-0.1, -0.05) is 30.3 Å².